The van der Waals surface area contributed by atoms with Crippen molar-refractivity contribution >= 4 is 10.0 Å². The van der Waals surface area contributed by atoms with Gasteiger partial charge in [-0.3, -0.25) is 0 Å². The van der Waals surface area contributed by atoms with E-state index in [4.69, 9.17) is 10.5 Å². The second-order valence-corrected chi connectivity index (χ2v) is 6.84. The molecule has 0 amide bonds. The van der Waals surface area contributed by atoms with E-state index in [1.165, 1.54) is 0 Å². The molecule has 3 N–H and O–H groups in total. The van der Waals surface area contributed by atoms with Crippen LogP contribution in [0.25, 0.3) is 0 Å². The molecule has 1 rings (SSSR count). The van der Waals surface area contributed by atoms with Gasteiger partial charge in [0.15, 0.2) is 0 Å². The Labute approximate surface area is 121 Å². The zero-order valence-corrected chi connectivity index (χ0v) is 12.9. The summed E-state index contributed by atoms with van der Waals surface area (Å²) in [6.45, 7) is 2.68. The zero-order valence-electron chi connectivity index (χ0n) is 12.1. The quantitative estimate of drug-likeness (QED) is 0.715. The molecular weight excluding hydrogens is 276 g/mol. The maximum atomic E-state index is 12.0. The van der Waals surface area contributed by atoms with E-state index in [9.17, 15) is 8.42 Å². The number of hydrogen-bond acceptors (Lipinski definition) is 4. The fourth-order valence-corrected chi connectivity index (χ4v) is 3.36. The van der Waals surface area contributed by atoms with Gasteiger partial charge >= 0.3 is 0 Å². The first-order chi connectivity index (χ1) is 9.44. The highest BCUT2D eigenvalue weighted by molar-refractivity contribution is 7.89. The number of ether oxygens (including phenoxy) is 1. The molecule has 0 saturated heterocycles. The average Bonchev–Trinajstić information content (AvgIpc) is 2.39. The first-order valence-electron chi connectivity index (χ1n) is 6.71. The highest BCUT2D eigenvalue weighted by Gasteiger charge is 2.16. The Morgan fingerprint density at radius 3 is 2.55 bits per heavy atom. The normalized spacial score (nSPS) is 14.9. The molecule has 0 aliphatic carbocycles. The summed E-state index contributed by atoms with van der Waals surface area (Å²) in [5, 5.41) is 0. The topological polar surface area (TPSA) is 81.4 Å². The van der Waals surface area contributed by atoms with E-state index in [2.05, 4.69) is 4.72 Å². The first kappa shape index (κ1) is 17.1. The molecule has 114 valence electrons. The van der Waals surface area contributed by atoms with Crippen molar-refractivity contribution in [1.82, 2.24) is 4.72 Å². The third-order valence-electron chi connectivity index (χ3n) is 3.06. The maximum Gasteiger partial charge on any atom is 0.212 e. The summed E-state index contributed by atoms with van der Waals surface area (Å²) in [6, 6.07) is 9.48. The second kappa shape index (κ2) is 8.36. The molecule has 2 unspecified atom stereocenters. The maximum absolute atomic E-state index is 12.0. The zero-order chi connectivity index (χ0) is 15.0. The van der Waals surface area contributed by atoms with E-state index in [0.717, 1.165) is 5.56 Å². The number of methoxy groups -OCH3 is 1. The minimum atomic E-state index is -3.29. The van der Waals surface area contributed by atoms with Gasteiger partial charge in [0.05, 0.1) is 12.4 Å². The summed E-state index contributed by atoms with van der Waals surface area (Å²) in [5.74, 6) is 0.0395. The van der Waals surface area contributed by atoms with Crippen LogP contribution in [0, 0.1) is 0 Å². The molecule has 0 aromatic heterocycles. The molecule has 0 aliphatic heterocycles. The van der Waals surface area contributed by atoms with Gasteiger partial charge in [0.1, 0.15) is 0 Å². The first-order valence-corrected chi connectivity index (χ1v) is 8.36. The lowest BCUT2D eigenvalue weighted by atomic mass is 10.0. The van der Waals surface area contributed by atoms with Crippen molar-refractivity contribution in [2.45, 2.75) is 25.3 Å². The minimum Gasteiger partial charge on any atom is -0.383 e. The largest absolute Gasteiger partial charge is 0.383 e. The van der Waals surface area contributed by atoms with Gasteiger partial charge in [-0.05, 0) is 17.9 Å². The fraction of sp³-hybridized carbons (Fsp3) is 0.571. The number of rotatable bonds is 9. The van der Waals surface area contributed by atoms with Gasteiger partial charge in [-0.1, -0.05) is 37.3 Å². The summed E-state index contributed by atoms with van der Waals surface area (Å²) in [7, 11) is -1.71. The van der Waals surface area contributed by atoms with Gasteiger partial charge in [0.2, 0.25) is 10.0 Å². The van der Waals surface area contributed by atoms with Crippen LogP contribution in [0.4, 0.5) is 0 Å². The van der Waals surface area contributed by atoms with E-state index in [-0.39, 0.29) is 17.7 Å². The van der Waals surface area contributed by atoms with Crippen molar-refractivity contribution in [1.29, 1.82) is 0 Å². The smallest absolute Gasteiger partial charge is 0.212 e. The molecule has 0 fully saturated rings. The van der Waals surface area contributed by atoms with Crippen LogP contribution in [0.5, 0.6) is 0 Å². The summed E-state index contributed by atoms with van der Waals surface area (Å²) >= 11 is 0. The highest BCUT2D eigenvalue weighted by atomic mass is 32.2. The van der Waals surface area contributed by atoms with E-state index in [1.54, 1.807) is 7.11 Å². The Balaban J connectivity index is 2.42. The Hall–Kier alpha value is -0.950. The molecule has 0 spiro atoms. The molecule has 0 radical (unpaired) electrons. The molecule has 5 nitrogen and oxygen atoms in total. The van der Waals surface area contributed by atoms with Crippen LogP contribution < -0.4 is 10.5 Å². The van der Waals surface area contributed by atoms with Crippen molar-refractivity contribution < 1.29 is 13.2 Å². The minimum absolute atomic E-state index is 0.0404. The third-order valence-corrected chi connectivity index (χ3v) is 4.64. The third kappa shape index (κ3) is 6.47. The van der Waals surface area contributed by atoms with Crippen molar-refractivity contribution in [3.63, 3.8) is 0 Å². The number of hydrogen-bond donors (Lipinski definition) is 2. The standard InChI is InChI=1S/C14H24N2O3S/c1-12(13-6-4-3-5-7-13)11-20(17,18)16-9-8-14(15)10-19-2/h3-7,12,14,16H,8-11,15H2,1-2H3. The van der Waals surface area contributed by atoms with Gasteiger partial charge in [0, 0.05) is 19.7 Å². The molecule has 0 aliphatic rings. The molecule has 6 heteroatoms. The lowest BCUT2D eigenvalue weighted by molar-refractivity contribution is 0.177. The molecule has 1 aromatic carbocycles. The van der Waals surface area contributed by atoms with Gasteiger partial charge < -0.3 is 10.5 Å². The van der Waals surface area contributed by atoms with Crippen molar-refractivity contribution in [2.75, 3.05) is 26.0 Å². The number of benzene rings is 1. The van der Waals surface area contributed by atoms with Crippen molar-refractivity contribution in [3.05, 3.63) is 35.9 Å². The van der Waals surface area contributed by atoms with Crippen molar-refractivity contribution in [3.8, 4) is 0 Å². The van der Waals surface area contributed by atoms with Gasteiger partial charge in [0.25, 0.3) is 0 Å². The summed E-state index contributed by atoms with van der Waals surface area (Å²) < 4.78 is 31.4. The predicted octanol–water partition coefficient (Wildman–Crippen LogP) is 1.07. The van der Waals surface area contributed by atoms with Gasteiger partial charge in [-0.25, -0.2) is 13.1 Å². The molecular formula is C14H24N2O3S. The lowest BCUT2D eigenvalue weighted by Gasteiger charge is -2.14. The molecule has 0 bridgehead atoms. The highest BCUT2D eigenvalue weighted by Crippen LogP contribution is 2.16. The Morgan fingerprint density at radius 1 is 1.30 bits per heavy atom. The van der Waals surface area contributed by atoms with Crippen LogP contribution in [-0.2, 0) is 14.8 Å². The second-order valence-electron chi connectivity index (χ2n) is 4.99. The lowest BCUT2D eigenvalue weighted by Crippen LogP contribution is -2.34. The number of nitrogens with two attached hydrogens (primary N) is 1. The van der Waals surface area contributed by atoms with Crippen LogP contribution in [0.1, 0.15) is 24.8 Å². The fourth-order valence-electron chi connectivity index (χ4n) is 1.96. The summed E-state index contributed by atoms with van der Waals surface area (Å²) in [4.78, 5) is 0. The molecule has 20 heavy (non-hydrogen) atoms. The predicted molar refractivity (Wildman–Crippen MR) is 81.1 cm³/mol. The van der Waals surface area contributed by atoms with Gasteiger partial charge in [-0.15, -0.1) is 0 Å². The van der Waals surface area contributed by atoms with Crippen LogP contribution in [0.2, 0.25) is 0 Å². The molecule has 1 aromatic rings. The molecule has 0 heterocycles. The number of nitrogens with one attached hydrogen (secondary N) is 1. The summed E-state index contributed by atoms with van der Waals surface area (Å²) in [5.41, 5.74) is 6.77. The molecule has 0 saturated carbocycles. The van der Waals surface area contributed by atoms with Crippen LogP contribution in [-0.4, -0.2) is 40.5 Å². The van der Waals surface area contributed by atoms with Crippen LogP contribution in [0.3, 0.4) is 0 Å². The Bertz CT molecular complexity index is 476. The average molecular weight is 300 g/mol. The van der Waals surface area contributed by atoms with Crippen LogP contribution in [0.15, 0.2) is 30.3 Å². The SMILES string of the molecule is COCC(N)CCNS(=O)(=O)CC(C)c1ccccc1. The summed E-state index contributed by atoms with van der Waals surface area (Å²) in [6.07, 6.45) is 0.562. The van der Waals surface area contributed by atoms with E-state index in [0.29, 0.717) is 19.6 Å². The van der Waals surface area contributed by atoms with E-state index >= 15 is 0 Å². The van der Waals surface area contributed by atoms with Gasteiger partial charge in [-0.2, -0.15) is 0 Å². The van der Waals surface area contributed by atoms with Crippen molar-refractivity contribution in [2.24, 2.45) is 5.73 Å². The van der Waals surface area contributed by atoms with E-state index in [1.807, 2.05) is 37.3 Å². The Morgan fingerprint density at radius 2 is 1.95 bits per heavy atom. The molecule has 2 atom stereocenters. The Kier molecular flexibility index (Phi) is 7.15. The van der Waals surface area contributed by atoms with Crippen LogP contribution >= 0.6 is 0 Å². The monoisotopic (exact) mass is 300 g/mol. The number of sulfonamides is 1. The van der Waals surface area contributed by atoms with E-state index < -0.39 is 10.0 Å².